The van der Waals surface area contributed by atoms with Gasteiger partial charge in [0.05, 0.1) is 4.90 Å². The maximum atomic E-state index is 13.0. The molecule has 0 radical (unpaired) electrons. The summed E-state index contributed by atoms with van der Waals surface area (Å²) in [5.74, 6) is 0.111. The smallest absolute Gasteiger partial charge is 0.243 e. The molecule has 1 saturated heterocycles. The molecule has 0 aromatic heterocycles. The van der Waals surface area contributed by atoms with Gasteiger partial charge in [-0.15, -0.1) is 0 Å². The lowest BCUT2D eigenvalue weighted by atomic mass is 10.1. The first kappa shape index (κ1) is 24.4. The van der Waals surface area contributed by atoms with Gasteiger partial charge in [-0.05, 0) is 47.4 Å². The predicted octanol–water partition coefficient (Wildman–Crippen LogP) is 1.64. The van der Waals surface area contributed by atoms with Crippen LogP contribution in [0.2, 0.25) is 0 Å². The van der Waals surface area contributed by atoms with Gasteiger partial charge in [-0.3, -0.25) is 4.79 Å². The van der Waals surface area contributed by atoms with Gasteiger partial charge in [0.25, 0.3) is 0 Å². The molecule has 0 spiro atoms. The summed E-state index contributed by atoms with van der Waals surface area (Å²) in [4.78, 5) is 15.8. The molecule has 2 aliphatic rings. The van der Waals surface area contributed by atoms with Crippen LogP contribution in [-0.2, 0) is 14.8 Å². The summed E-state index contributed by atoms with van der Waals surface area (Å²) in [6, 6.07) is 15.0. The average Bonchev–Trinajstić information content (AvgIpc) is 2.88. The van der Waals surface area contributed by atoms with E-state index in [0.29, 0.717) is 12.0 Å². The fourth-order valence-corrected chi connectivity index (χ4v) is 5.71. The van der Waals surface area contributed by atoms with E-state index in [9.17, 15) is 18.3 Å². The van der Waals surface area contributed by atoms with Crippen LogP contribution in [0.1, 0.15) is 13.3 Å². The molecule has 9 nitrogen and oxygen atoms in total. The van der Waals surface area contributed by atoms with Crippen LogP contribution in [0.4, 0.5) is 5.69 Å². The molecule has 34 heavy (non-hydrogen) atoms. The number of amides is 1. The van der Waals surface area contributed by atoms with Gasteiger partial charge in [0.1, 0.15) is 6.23 Å². The second-order valence-corrected chi connectivity index (χ2v) is 10.4. The van der Waals surface area contributed by atoms with E-state index in [1.807, 2.05) is 17.0 Å². The number of carbonyl (C=O) groups excluding carboxylic acids is 1. The minimum Gasteiger partial charge on any atom is -0.373 e. The standard InChI is InChI=1S/C24H30N4O5S/c1-18(29)26-14-16-27(17-15-26)22-6-2-19(3-7-22)20-4-8-23(9-5-20)34(32,33)28-12-10-21(11-13-28)24(30)25-31/h2-10,24-25,30-31H,11-17H2,1H3. The van der Waals surface area contributed by atoms with Crippen LogP contribution in [0.25, 0.3) is 11.1 Å². The van der Waals surface area contributed by atoms with Crippen LogP contribution in [0.5, 0.6) is 0 Å². The average molecular weight is 487 g/mol. The van der Waals surface area contributed by atoms with Gasteiger partial charge in [0, 0.05) is 51.9 Å². The van der Waals surface area contributed by atoms with Gasteiger partial charge >= 0.3 is 0 Å². The highest BCUT2D eigenvalue weighted by molar-refractivity contribution is 7.89. The summed E-state index contributed by atoms with van der Waals surface area (Å²) in [5.41, 5.74) is 5.35. The Balaban J connectivity index is 1.42. The highest BCUT2D eigenvalue weighted by atomic mass is 32.2. The molecule has 2 aromatic carbocycles. The summed E-state index contributed by atoms with van der Waals surface area (Å²) in [5, 5.41) is 18.5. The summed E-state index contributed by atoms with van der Waals surface area (Å²) < 4.78 is 27.4. The van der Waals surface area contributed by atoms with E-state index in [1.54, 1.807) is 42.7 Å². The zero-order chi connectivity index (χ0) is 24.3. The lowest BCUT2D eigenvalue weighted by Crippen LogP contribution is -2.48. The summed E-state index contributed by atoms with van der Waals surface area (Å²) in [6.45, 7) is 5.02. The summed E-state index contributed by atoms with van der Waals surface area (Å²) in [6.07, 6.45) is 0.771. The third-order valence-electron chi connectivity index (χ3n) is 6.46. The Labute approximate surface area is 199 Å². The van der Waals surface area contributed by atoms with Gasteiger partial charge in [-0.25, -0.2) is 8.42 Å². The maximum absolute atomic E-state index is 13.0. The first-order valence-corrected chi connectivity index (χ1v) is 12.7. The molecule has 0 bridgehead atoms. The van der Waals surface area contributed by atoms with Crippen molar-refractivity contribution in [1.82, 2.24) is 14.7 Å². The second-order valence-electron chi connectivity index (χ2n) is 8.49. The molecular weight excluding hydrogens is 456 g/mol. The molecule has 2 aromatic rings. The Hall–Kier alpha value is -2.76. The number of aliphatic hydroxyl groups excluding tert-OH is 1. The summed E-state index contributed by atoms with van der Waals surface area (Å²) >= 11 is 0. The van der Waals surface area contributed by atoms with Gasteiger partial charge in [-0.1, -0.05) is 30.3 Å². The maximum Gasteiger partial charge on any atom is 0.243 e. The van der Waals surface area contributed by atoms with Crippen LogP contribution >= 0.6 is 0 Å². The molecule has 0 aliphatic carbocycles. The van der Waals surface area contributed by atoms with E-state index in [4.69, 9.17) is 5.21 Å². The largest absolute Gasteiger partial charge is 0.373 e. The lowest BCUT2D eigenvalue weighted by molar-refractivity contribution is -0.129. The van der Waals surface area contributed by atoms with Crippen LogP contribution in [0.15, 0.2) is 65.1 Å². The molecule has 3 N–H and O–H groups in total. The Kier molecular flexibility index (Phi) is 7.34. The normalized spacial score (nSPS) is 18.5. The molecule has 0 saturated carbocycles. The van der Waals surface area contributed by atoms with Crippen molar-refractivity contribution in [2.75, 3.05) is 44.2 Å². The molecule has 10 heteroatoms. The van der Waals surface area contributed by atoms with Crippen LogP contribution in [-0.4, -0.2) is 79.3 Å². The lowest BCUT2D eigenvalue weighted by Gasteiger charge is -2.35. The Morgan fingerprint density at radius 2 is 1.53 bits per heavy atom. The molecule has 2 heterocycles. The van der Waals surface area contributed by atoms with E-state index < -0.39 is 16.3 Å². The number of hydroxylamine groups is 1. The molecule has 182 valence electrons. The molecule has 2 aliphatic heterocycles. The summed E-state index contributed by atoms with van der Waals surface area (Å²) in [7, 11) is -3.66. The van der Waals surface area contributed by atoms with Crippen molar-refractivity contribution in [3.63, 3.8) is 0 Å². The number of hydrogen-bond donors (Lipinski definition) is 3. The minimum absolute atomic E-state index is 0.111. The Morgan fingerprint density at radius 3 is 2.03 bits per heavy atom. The quantitative estimate of drug-likeness (QED) is 0.323. The molecule has 1 unspecified atom stereocenters. The Morgan fingerprint density at radius 1 is 0.941 bits per heavy atom. The van der Waals surface area contributed by atoms with E-state index in [1.165, 1.54) is 4.31 Å². The van der Waals surface area contributed by atoms with Crippen molar-refractivity contribution >= 4 is 21.6 Å². The van der Waals surface area contributed by atoms with Crippen molar-refractivity contribution in [3.05, 3.63) is 60.2 Å². The van der Waals surface area contributed by atoms with E-state index in [2.05, 4.69) is 17.0 Å². The molecule has 4 rings (SSSR count). The fourth-order valence-electron chi connectivity index (χ4n) is 4.33. The van der Waals surface area contributed by atoms with Gasteiger partial charge in [0.2, 0.25) is 15.9 Å². The van der Waals surface area contributed by atoms with Crippen LogP contribution in [0, 0.1) is 0 Å². The molecule has 1 atom stereocenters. The van der Waals surface area contributed by atoms with Crippen molar-refractivity contribution in [2.45, 2.75) is 24.5 Å². The molecule has 1 amide bonds. The number of nitrogens with one attached hydrogen (secondary N) is 1. The third-order valence-corrected chi connectivity index (χ3v) is 8.34. The van der Waals surface area contributed by atoms with Crippen LogP contribution in [0.3, 0.4) is 0 Å². The van der Waals surface area contributed by atoms with E-state index in [-0.39, 0.29) is 23.9 Å². The minimum atomic E-state index is -3.66. The predicted molar refractivity (Wildman–Crippen MR) is 129 cm³/mol. The topological polar surface area (TPSA) is 113 Å². The van der Waals surface area contributed by atoms with Gasteiger partial charge in [0.15, 0.2) is 0 Å². The highest BCUT2D eigenvalue weighted by Gasteiger charge is 2.27. The number of benzene rings is 2. The number of nitrogens with zero attached hydrogens (tertiary/aromatic N) is 3. The first-order chi connectivity index (χ1) is 16.3. The number of rotatable bonds is 6. The van der Waals surface area contributed by atoms with Crippen LogP contribution < -0.4 is 10.4 Å². The van der Waals surface area contributed by atoms with Crippen molar-refractivity contribution in [3.8, 4) is 11.1 Å². The number of hydrogen-bond acceptors (Lipinski definition) is 7. The number of sulfonamides is 1. The number of piperazine rings is 1. The zero-order valence-corrected chi connectivity index (χ0v) is 19.9. The third kappa shape index (κ3) is 5.16. The number of aliphatic hydroxyl groups is 1. The first-order valence-electron chi connectivity index (χ1n) is 11.3. The monoisotopic (exact) mass is 486 g/mol. The van der Waals surface area contributed by atoms with E-state index >= 15 is 0 Å². The van der Waals surface area contributed by atoms with Crippen molar-refractivity contribution < 1.29 is 23.5 Å². The van der Waals surface area contributed by atoms with E-state index in [0.717, 1.165) is 43.0 Å². The van der Waals surface area contributed by atoms with Crippen molar-refractivity contribution in [1.29, 1.82) is 0 Å². The van der Waals surface area contributed by atoms with Gasteiger partial charge < -0.3 is 20.1 Å². The number of anilines is 1. The molecule has 1 fully saturated rings. The zero-order valence-electron chi connectivity index (χ0n) is 19.1. The number of carbonyl (C=O) groups is 1. The second kappa shape index (κ2) is 10.2. The highest BCUT2D eigenvalue weighted by Crippen LogP contribution is 2.27. The Bertz CT molecular complexity index is 1140. The van der Waals surface area contributed by atoms with Gasteiger partial charge in [-0.2, -0.15) is 9.79 Å². The molecular formula is C24H30N4O5S. The van der Waals surface area contributed by atoms with Crippen molar-refractivity contribution in [2.24, 2.45) is 0 Å². The SMILES string of the molecule is CC(=O)N1CCN(c2ccc(-c3ccc(S(=O)(=O)N4CC=C(C(O)NO)CC4)cc3)cc2)CC1. The fraction of sp³-hybridized carbons (Fsp3) is 0.375.